The maximum absolute atomic E-state index is 11.8. The molecule has 1 aliphatic rings. The molecule has 0 spiro atoms. The highest BCUT2D eigenvalue weighted by Crippen LogP contribution is 2.29. The highest BCUT2D eigenvalue weighted by Gasteiger charge is 2.25. The average Bonchev–Trinajstić information content (AvgIpc) is 2.44. The van der Waals surface area contributed by atoms with Gasteiger partial charge in [0.1, 0.15) is 5.01 Å². The van der Waals surface area contributed by atoms with Crippen LogP contribution < -0.4 is 5.56 Å². The van der Waals surface area contributed by atoms with Gasteiger partial charge in [0.05, 0.1) is 0 Å². The van der Waals surface area contributed by atoms with Gasteiger partial charge in [-0.1, -0.05) is 20.8 Å². The largest absolute Gasteiger partial charge is 0.297 e. The Bertz CT molecular complexity index is 445. The summed E-state index contributed by atoms with van der Waals surface area (Å²) in [6.07, 6.45) is 0. The van der Waals surface area contributed by atoms with Crippen LogP contribution in [0, 0.1) is 0 Å². The van der Waals surface area contributed by atoms with Crippen LogP contribution >= 0.6 is 11.3 Å². The van der Waals surface area contributed by atoms with E-state index in [1.54, 1.807) is 11.3 Å². The van der Waals surface area contributed by atoms with Crippen LogP contribution in [0.5, 0.6) is 0 Å². The van der Waals surface area contributed by atoms with Crippen molar-refractivity contribution in [3.05, 3.63) is 25.8 Å². The normalized spacial score (nSPS) is 16.8. The Hall–Kier alpha value is -0.740. The monoisotopic (exact) mass is 224 g/mol. The minimum absolute atomic E-state index is 0.0278. The van der Waals surface area contributed by atoms with Gasteiger partial charge in [-0.25, -0.2) is 4.98 Å². The van der Waals surface area contributed by atoms with Crippen molar-refractivity contribution in [2.24, 2.45) is 0 Å². The quantitative estimate of drug-likeness (QED) is 0.673. The molecule has 0 aliphatic carbocycles. The molecule has 1 aliphatic heterocycles. The molecule has 0 saturated heterocycles. The fraction of sp³-hybridized carbons (Fsp3) is 0.636. The van der Waals surface area contributed by atoms with Crippen molar-refractivity contribution in [3.63, 3.8) is 0 Å². The van der Waals surface area contributed by atoms with Crippen molar-refractivity contribution < 1.29 is 0 Å². The Morgan fingerprint density at radius 3 is 2.60 bits per heavy atom. The first-order valence-electron chi connectivity index (χ1n) is 5.10. The Morgan fingerprint density at radius 1 is 1.33 bits per heavy atom. The zero-order valence-corrected chi connectivity index (χ0v) is 10.4. The fourth-order valence-electron chi connectivity index (χ4n) is 1.66. The van der Waals surface area contributed by atoms with Crippen LogP contribution in [-0.4, -0.2) is 16.9 Å². The average molecular weight is 224 g/mol. The Labute approximate surface area is 93.8 Å². The number of hydrogen-bond acceptors (Lipinski definition) is 4. The lowest BCUT2D eigenvalue weighted by Gasteiger charge is -2.16. The molecule has 0 saturated carbocycles. The van der Waals surface area contributed by atoms with Gasteiger partial charge in [0, 0.05) is 28.9 Å². The van der Waals surface area contributed by atoms with Gasteiger partial charge in [0.25, 0.3) is 5.56 Å². The van der Waals surface area contributed by atoms with E-state index in [2.05, 4.69) is 30.7 Å². The van der Waals surface area contributed by atoms with Crippen molar-refractivity contribution in [1.82, 2.24) is 9.88 Å². The van der Waals surface area contributed by atoms with Crippen LogP contribution in [0.1, 0.15) is 36.2 Å². The lowest BCUT2D eigenvalue weighted by atomic mass is 9.98. The van der Waals surface area contributed by atoms with Crippen LogP contribution in [0.25, 0.3) is 0 Å². The molecule has 2 rings (SSSR count). The van der Waals surface area contributed by atoms with Gasteiger partial charge in [-0.2, -0.15) is 0 Å². The van der Waals surface area contributed by atoms with Crippen molar-refractivity contribution in [1.29, 1.82) is 0 Å². The number of hydrogen-bond donors (Lipinski definition) is 0. The first-order valence-corrected chi connectivity index (χ1v) is 5.91. The second-order valence-corrected chi connectivity index (χ2v) is 6.23. The summed E-state index contributed by atoms with van der Waals surface area (Å²) in [5.41, 5.74) is 0.841. The third-order valence-electron chi connectivity index (χ3n) is 2.50. The summed E-state index contributed by atoms with van der Waals surface area (Å²) in [6.45, 7) is 7.92. The second-order valence-electron chi connectivity index (χ2n) is 5.15. The van der Waals surface area contributed by atoms with Crippen LogP contribution in [0.3, 0.4) is 0 Å². The Kier molecular flexibility index (Phi) is 2.43. The van der Waals surface area contributed by atoms with E-state index >= 15 is 0 Å². The third kappa shape index (κ3) is 1.96. The van der Waals surface area contributed by atoms with Gasteiger partial charge in [0.2, 0.25) is 0 Å². The molecular formula is C11H16N2OS. The first-order chi connectivity index (χ1) is 6.88. The smallest absolute Gasteiger partial charge is 0.276 e. The molecule has 1 aromatic heterocycles. The summed E-state index contributed by atoms with van der Waals surface area (Å²) in [5.74, 6) is 0. The molecular weight excluding hydrogens is 208 g/mol. The van der Waals surface area contributed by atoms with Crippen LogP contribution in [0.2, 0.25) is 0 Å². The van der Waals surface area contributed by atoms with E-state index in [1.807, 2.05) is 7.05 Å². The van der Waals surface area contributed by atoms with Gasteiger partial charge >= 0.3 is 0 Å². The molecule has 15 heavy (non-hydrogen) atoms. The summed E-state index contributed by atoms with van der Waals surface area (Å²) in [6, 6.07) is 0. The van der Waals surface area contributed by atoms with Crippen LogP contribution in [-0.2, 0) is 18.5 Å². The minimum atomic E-state index is -0.0296. The van der Waals surface area contributed by atoms with Crippen molar-refractivity contribution in [2.45, 2.75) is 39.3 Å². The van der Waals surface area contributed by atoms with Crippen molar-refractivity contribution in [3.8, 4) is 0 Å². The molecule has 3 nitrogen and oxygen atoms in total. The van der Waals surface area contributed by atoms with Gasteiger partial charge in [0.15, 0.2) is 0 Å². The molecule has 0 unspecified atom stereocenters. The van der Waals surface area contributed by atoms with Gasteiger partial charge in [-0.05, 0) is 7.05 Å². The van der Waals surface area contributed by atoms with Crippen molar-refractivity contribution >= 4 is 11.3 Å². The van der Waals surface area contributed by atoms with E-state index in [-0.39, 0.29) is 11.0 Å². The molecule has 0 amide bonds. The van der Waals surface area contributed by atoms with E-state index in [0.29, 0.717) is 0 Å². The first kappa shape index (κ1) is 10.8. The number of aromatic nitrogens is 1. The summed E-state index contributed by atoms with van der Waals surface area (Å²) in [5, 5.41) is 0.946. The molecule has 0 atom stereocenters. The van der Waals surface area contributed by atoms with Gasteiger partial charge in [-0.15, -0.1) is 11.3 Å². The second kappa shape index (κ2) is 3.39. The molecule has 4 heteroatoms. The van der Waals surface area contributed by atoms with E-state index in [4.69, 9.17) is 0 Å². The number of rotatable bonds is 0. The van der Waals surface area contributed by atoms with Crippen molar-refractivity contribution in [2.75, 3.05) is 7.05 Å². The summed E-state index contributed by atoms with van der Waals surface area (Å²) in [7, 11) is 2.03. The Balaban J connectivity index is 2.54. The standard InChI is InChI=1S/C11H16N2OS/c1-11(2,3)10-12-9(14)7-5-13(4)6-8(7)15-10/h5-6H2,1-4H3. The minimum Gasteiger partial charge on any atom is -0.297 e. The molecule has 0 bridgehead atoms. The molecule has 0 fully saturated rings. The highest BCUT2D eigenvalue weighted by molar-refractivity contribution is 7.11. The number of nitrogens with zero attached hydrogens (tertiary/aromatic N) is 2. The zero-order chi connectivity index (χ0) is 11.2. The van der Waals surface area contributed by atoms with E-state index in [9.17, 15) is 4.79 Å². The van der Waals surface area contributed by atoms with E-state index in [0.717, 1.165) is 23.7 Å². The molecule has 0 radical (unpaired) electrons. The van der Waals surface area contributed by atoms with E-state index in [1.165, 1.54) is 4.88 Å². The summed E-state index contributed by atoms with van der Waals surface area (Å²) < 4.78 is 0. The molecule has 0 N–H and O–H groups in total. The maximum Gasteiger partial charge on any atom is 0.276 e. The lowest BCUT2D eigenvalue weighted by Crippen LogP contribution is -2.21. The predicted molar refractivity (Wildman–Crippen MR) is 62.3 cm³/mol. The SMILES string of the molecule is CN1Cc2sc(C(C)(C)C)nc(=O)c2C1. The van der Waals surface area contributed by atoms with Gasteiger partial charge < -0.3 is 0 Å². The lowest BCUT2D eigenvalue weighted by molar-refractivity contribution is 0.354. The zero-order valence-electron chi connectivity index (χ0n) is 9.63. The maximum atomic E-state index is 11.8. The molecule has 82 valence electrons. The van der Waals surface area contributed by atoms with Gasteiger partial charge in [-0.3, -0.25) is 9.69 Å². The van der Waals surface area contributed by atoms with Crippen LogP contribution in [0.4, 0.5) is 0 Å². The molecule has 1 aromatic rings. The van der Waals surface area contributed by atoms with Crippen LogP contribution in [0.15, 0.2) is 4.79 Å². The fourth-order valence-corrected chi connectivity index (χ4v) is 2.88. The van der Waals surface area contributed by atoms with E-state index < -0.39 is 0 Å². The number of fused-ring (bicyclic) bond motifs is 1. The molecule has 2 heterocycles. The molecule has 0 aromatic carbocycles. The highest BCUT2D eigenvalue weighted by atomic mass is 32.1. The predicted octanol–water partition coefficient (Wildman–Crippen LogP) is 1.75. The third-order valence-corrected chi connectivity index (χ3v) is 4.02. The summed E-state index contributed by atoms with van der Waals surface area (Å²) in [4.78, 5) is 19.3. The summed E-state index contributed by atoms with van der Waals surface area (Å²) >= 11 is 1.68. The Morgan fingerprint density at radius 2 is 2.00 bits per heavy atom. The topological polar surface area (TPSA) is 33.2 Å².